The number of morpholine rings is 1. The van der Waals surface area contributed by atoms with Gasteiger partial charge in [0, 0.05) is 25.0 Å². The van der Waals surface area contributed by atoms with Crippen molar-refractivity contribution in [3.8, 4) is 0 Å². The monoisotopic (exact) mass is 280 g/mol. The second-order valence-electron chi connectivity index (χ2n) is 7.85. The first-order valence-corrected chi connectivity index (χ1v) is 8.02. The zero-order chi connectivity index (χ0) is 14.4. The number of carbonyl (C=O) groups excluding carboxylic acids is 1. The summed E-state index contributed by atoms with van der Waals surface area (Å²) in [5.74, 6) is 0.953. The molecule has 114 valence electrons. The molecule has 1 saturated heterocycles. The van der Waals surface area contributed by atoms with Gasteiger partial charge in [-0.3, -0.25) is 4.79 Å². The van der Waals surface area contributed by atoms with Crippen LogP contribution in [0.25, 0.3) is 0 Å². The number of fused-ring (bicyclic) bond motifs is 2. The van der Waals surface area contributed by atoms with Crippen molar-refractivity contribution in [2.45, 2.75) is 58.5 Å². The van der Waals surface area contributed by atoms with Crippen LogP contribution in [0, 0.1) is 16.7 Å². The van der Waals surface area contributed by atoms with Crippen molar-refractivity contribution in [2.24, 2.45) is 16.7 Å². The van der Waals surface area contributed by atoms with E-state index in [0.717, 1.165) is 19.1 Å². The highest BCUT2D eigenvalue weighted by Crippen LogP contribution is 2.62. The smallest absolute Gasteiger partial charge is 0.221 e. The van der Waals surface area contributed by atoms with Crippen LogP contribution in [0.1, 0.15) is 46.5 Å². The Morgan fingerprint density at radius 2 is 2.20 bits per heavy atom. The highest BCUT2D eigenvalue weighted by atomic mass is 16.5. The predicted molar refractivity (Wildman–Crippen MR) is 78.4 cm³/mol. The summed E-state index contributed by atoms with van der Waals surface area (Å²) in [6.45, 7) is 9.28. The predicted octanol–water partition coefficient (Wildman–Crippen LogP) is 1.70. The molecule has 0 aromatic carbocycles. The van der Waals surface area contributed by atoms with Gasteiger partial charge in [0.15, 0.2) is 0 Å². The van der Waals surface area contributed by atoms with Crippen molar-refractivity contribution in [1.82, 2.24) is 10.6 Å². The van der Waals surface area contributed by atoms with Crippen molar-refractivity contribution in [2.75, 3.05) is 19.8 Å². The summed E-state index contributed by atoms with van der Waals surface area (Å²) in [5.41, 5.74) is 0.541. The number of carbonyl (C=O) groups is 1. The molecule has 3 aliphatic rings. The summed E-state index contributed by atoms with van der Waals surface area (Å²) in [6, 6.07) is 0.504. The van der Waals surface area contributed by atoms with Gasteiger partial charge in [0.2, 0.25) is 5.91 Å². The molecule has 4 atom stereocenters. The molecule has 4 heteroatoms. The molecule has 20 heavy (non-hydrogen) atoms. The lowest BCUT2D eigenvalue weighted by atomic mass is 9.68. The largest absolute Gasteiger partial charge is 0.378 e. The van der Waals surface area contributed by atoms with E-state index in [9.17, 15) is 4.79 Å². The fourth-order valence-electron chi connectivity index (χ4n) is 4.86. The van der Waals surface area contributed by atoms with Crippen molar-refractivity contribution in [3.63, 3.8) is 0 Å². The lowest BCUT2D eigenvalue weighted by Crippen LogP contribution is -2.54. The van der Waals surface area contributed by atoms with Gasteiger partial charge in [-0.2, -0.15) is 0 Å². The van der Waals surface area contributed by atoms with Gasteiger partial charge in [-0.25, -0.2) is 0 Å². The van der Waals surface area contributed by atoms with E-state index in [0.29, 0.717) is 24.5 Å². The minimum Gasteiger partial charge on any atom is -0.378 e. The number of nitrogens with one attached hydrogen (secondary N) is 2. The van der Waals surface area contributed by atoms with Gasteiger partial charge in [0.1, 0.15) is 0 Å². The maximum absolute atomic E-state index is 12.4. The van der Waals surface area contributed by atoms with E-state index in [1.807, 2.05) is 0 Å². The van der Waals surface area contributed by atoms with Gasteiger partial charge in [-0.05, 0) is 36.0 Å². The molecule has 0 spiro atoms. The summed E-state index contributed by atoms with van der Waals surface area (Å²) in [6.07, 6.45) is 4.40. The summed E-state index contributed by atoms with van der Waals surface area (Å²) in [7, 11) is 0. The van der Waals surface area contributed by atoms with Crippen LogP contribution in [0.3, 0.4) is 0 Å². The Labute approximate surface area is 122 Å². The third-order valence-electron chi connectivity index (χ3n) is 6.01. The number of ether oxygens (including phenoxy) is 1. The zero-order valence-electron chi connectivity index (χ0n) is 13.0. The van der Waals surface area contributed by atoms with Crippen LogP contribution in [0.4, 0.5) is 0 Å². The second-order valence-corrected chi connectivity index (χ2v) is 7.85. The summed E-state index contributed by atoms with van der Waals surface area (Å²) >= 11 is 0. The van der Waals surface area contributed by atoms with Crippen LogP contribution in [0.15, 0.2) is 0 Å². The van der Waals surface area contributed by atoms with E-state index in [-0.39, 0.29) is 17.4 Å². The molecule has 0 radical (unpaired) electrons. The minimum absolute atomic E-state index is 0.179. The van der Waals surface area contributed by atoms with Crippen LogP contribution < -0.4 is 10.6 Å². The van der Waals surface area contributed by atoms with Crippen LogP contribution in [-0.4, -0.2) is 37.7 Å². The van der Waals surface area contributed by atoms with Crippen molar-refractivity contribution < 1.29 is 9.53 Å². The van der Waals surface area contributed by atoms with Crippen LogP contribution >= 0.6 is 0 Å². The summed E-state index contributed by atoms with van der Waals surface area (Å²) in [4.78, 5) is 12.4. The van der Waals surface area contributed by atoms with Crippen molar-refractivity contribution in [3.05, 3.63) is 0 Å². The Bertz CT molecular complexity index is 385. The molecule has 3 fully saturated rings. The highest BCUT2D eigenvalue weighted by molar-refractivity contribution is 5.77. The van der Waals surface area contributed by atoms with Crippen LogP contribution in [0.5, 0.6) is 0 Å². The molecular formula is C16H28N2O2. The van der Waals surface area contributed by atoms with E-state index in [4.69, 9.17) is 4.74 Å². The molecular weight excluding hydrogens is 252 g/mol. The van der Waals surface area contributed by atoms with E-state index < -0.39 is 0 Å². The van der Waals surface area contributed by atoms with E-state index >= 15 is 0 Å². The SMILES string of the molecule is CC12CCC(C1)C(C)(C)C2NC(=O)CC1COCCN1. The zero-order valence-corrected chi connectivity index (χ0v) is 13.0. The maximum Gasteiger partial charge on any atom is 0.221 e. The molecule has 1 amide bonds. The standard InChI is InChI=1S/C16H28N2O2/c1-15(2)11-4-5-16(3,9-11)14(15)18-13(19)8-12-10-20-7-6-17-12/h11-12,14,17H,4-10H2,1-3H3,(H,18,19). The lowest BCUT2D eigenvalue weighted by Gasteiger charge is -2.43. The number of amides is 1. The Kier molecular flexibility index (Phi) is 3.57. The third-order valence-corrected chi connectivity index (χ3v) is 6.01. The average Bonchev–Trinajstić information content (AvgIpc) is 2.87. The van der Waals surface area contributed by atoms with Gasteiger partial charge in [-0.1, -0.05) is 20.8 Å². The normalized spacial score (nSPS) is 42.6. The Balaban J connectivity index is 1.60. The topological polar surface area (TPSA) is 50.4 Å². The molecule has 2 saturated carbocycles. The first-order valence-electron chi connectivity index (χ1n) is 8.02. The van der Waals surface area contributed by atoms with Crippen molar-refractivity contribution in [1.29, 1.82) is 0 Å². The van der Waals surface area contributed by atoms with Crippen LogP contribution in [0.2, 0.25) is 0 Å². The highest BCUT2D eigenvalue weighted by Gasteiger charge is 2.59. The molecule has 3 rings (SSSR count). The molecule has 1 aliphatic heterocycles. The average molecular weight is 280 g/mol. The number of hydrogen-bond donors (Lipinski definition) is 2. The number of rotatable bonds is 3. The summed E-state index contributed by atoms with van der Waals surface area (Å²) in [5, 5.41) is 6.71. The fourth-order valence-corrected chi connectivity index (χ4v) is 4.86. The Morgan fingerprint density at radius 3 is 2.80 bits per heavy atom. The molecule has 0 aromatic heterocycles. The molecule has 2 N–H and O–H groups in total. The quantitative estimate of drug-likeness (QED) is 0.827. The third kappa shape index (κ3) is 2.37. The molecule has 2 bridgehead atoms. The van der Waals surface area contributed by atoms with Gasteiger partial charge >= 0.3 is 0 Å². The second kappa shape index (κ2) is 4.99. The van der Waals surface area contributed by atoms with Gasteiger partial charge in [0.05, 0.1) is 13.2 Å². The van der Waals surface area contributed by atoms with Crippen LogP contribution in [-0.2, 0) is 9.53 Å². The molecule has 4 unspecified atom stereocenters. The van der Waals surface area contributed by atoms with Gasteiger partial charge in [0.25, 0.3) is 0 Å². The Hall–Kier alpha value is -0.610. The van der Waals surface area contributed by atoms with Crippen molar-refractivity contribution >= 4 is 5.91 Å². The number of hydrogen-bond acceptors (Lipinski definition) is 3. The van der Waals surface area contributed by atoms with E-state index in [1.165, 1.54) is 19.3 Å². The minimum atomic E-state index is 0.179. The lowest BCUT2D eigenvalue weighted by molar-refractivity contribution is -0.125. The first-order chi connectivity index (χ1) is 9.42. The van der Waals surface area contributed by atoms with Gasteiger partial charge < -0.3 is 15.4 Å². The van der Waals surface area contributed by atoms with E-state index in [2.05, 4.69) is 31.4 Å². The first kappa shape index (κ1) is 14.3. The maximum atomic E-state index is 12.4. The van der Waals surface area contributed by atoms with Gasteiger partial charge in [-0.15, -0.1) is 0 Å². The Morgan fingerprint density at radius 1 is 1.40 bits per heavy atom. The molecule has 0 aromatic rings. The van der Waals surface area contributed by atoms with E-state index in [1.54, 1.807) is 0 Å². The fraction of sp³-hybridized carbons (Fsp3) is 0.938. The molecule has 1 heterocycles. The summed E-state index contributed by atoms with van der Waals surface area (Å²) < 4.78 is 5.42. The molecule has 2 aliphatic carbocycles. The molecule has 4 nitrogen and oxygen atoms in total.